The summed E-state index contributed by atoms with van der Waals surface area (Å²) in [6.07, 6.45) is 0.463. The van der Waals surface area contributed by atoms with Gasteiger partial charge in [-0.05, 0) is 23.9 Å². The Morgan fingerprint density at radius 3 is 3.11 bits per heavy atom. The van der Waals surface area contributed by atoms with Crippen molar-refractivity contribution in [1.82, 2.24) is 10.6 Å². The van der Waals surface area contributed by atoms with Crippen LogP contribution in [0.1, 0.15) is 16.9 Å². The van der Waals surface area contributed by atoms with E-state index in [2.05, 4.69) is 23.6 Å². The Labute approximate surface area is 118 Å². The van der Waals surface area contributed by atoms with E-state index >= 15 is 0 Å². The van der Waals surface area contributed by atoms with Crippen LogP contribution in [0.3, 0.4) is 0 Å². The zero-order valence-corrected chi connectivity index (χ0v) is 12.0. The lowest BCUT2D eigenvalue weighted by atomic mass is 10.2. The monoisotopic (exact) mass is 290 g/mol. The van der Waals surface area contributed by atoms with Crippen LogP contribution in [0.5, 0.6) is 0 Å². The highest BCUT2D eigenvalue weighted by atomic mass is 35.5. The van der Waals surface area contributed by atoms with E-state index in [-0.39, 0.29) is 24.4 Å². The largest absolute Gasteiger partial charge is 0.375 e. The van der Waals surface area contributed by atoms with Gasteiger partial charge < -0.3 is 15.4 Å². The quantitative estimate of drug-likeness (QED) is 0.883. The van der Waals surface area contributed by atoms with Gasteiger partial charge in [-0.15, -0.1) is 23.7 Å². The molecule has 0 radical (unpaired) electrons. The smallest absolute Gasteiger partial charge is 0.222 e. The summed E-state index contributed by atoms with van der Waals surface area (Å²) in [6.45, 7) is 5.04. The second kappa shape index (κ2) is 7.74. The van der Waals surface area contributed by atoms with E-state index in [1.165, 1.54) is 10.4 Å². The van der Waals surface area contributed by atoms with Gasteiger partial charge in [0.2, 0.25) is 5.91 Å². The summed E-state index contributed by atoms with van der Waals surface area (Å²) >= 11 is 1.68. The van der Waals surface area contributed by atoms with E-state index in [0.717, 1.165) is 13.1 Å². The van der Waals surface area contributed by atoms with E-state index < -0.39 is 0 Å². The maximum atomic E-state index is 11.7. The number of hydrogen-bond acceptors (Lipinski definition) is 4. The van der Waals surface area contributed by atoms with Crippen LogP contribution in [0.4, 0.5) is 0 Å². The maximum absolute atomic E-state index is 11.7. The van der Waals surface area contributed by atoms with Crippen LogP contribution < -0.4 is 10.6 Å². The fraction of sp³-hybridized carbons (Fsp3) is 0.583. The van der Waals surface area contributed by atoms with Crippen LogP contribution in [0.2, 0.25) is 0 Å². The van der Waals surface area contributed by atoms with Gasteiger partial charge in [-0.25, -0.2) is 0 Å². The Morgan fingerprint density at radius 2 is 2.50 bits per heavy atom. The number of amides is 1. The molecule has 2 N–H and O–H groups in total. The average molecular weight is 291 g/mol. The number of aryl methyl sites for hydroxylation is 1. The molecule has 6 heteroatoms. The first-order valence-corrected chi connectivity index (χ1v) is 6.75. The van der Waals surface area contributed by atoms with Crippen LogP contribution in [0, 0.1) is 6.92 Å². The minimum absolute atomic E-state index is 0. The number of thiophene rings is 1. The maximum Gasteiger partial charge on any atom is 0.222 e. The standard InChI is InChI=1S/C12H18N2O2S.ClH/c1-9-2-5-17-11(9)8-14-12(15)6-10-7-13-3-4-16-10;/h2,5,10,13H,3-4,6-8H2,1H3,(H,14,15);1H. The Balaban J connectivity index is 0.00000162. The zero-order valence-electron chi connectivity index (χ0n) is 10.4. The van der Waals surface area contributed by atoms with Gasteiger partial charge in [0, 0.05) is 18.0 Å². The zero-order chi connectivity index (χ0) is 12.1. The Bertz CT molecular complexity index is 378. The van der Waals surface area contributed by atoms with Gasteiger partial charge >= 0.3 is 0 Å². The minimum atomic E-state index is 0. The third-order valence-electron chi connectivity index (χ3n) is 2.83. The number of halogens is 1. The van der Waals surface area contributed by atoms with Crippen molar-refractivity contribution in [3.63, 3.8) is 0 Å². The topological polar surface area (TPSA) is 50.4 Å². The van der Waals surface area contributed by atoms with Gasteiger partial charge in [-0.2, -0.15) is 0 Å². The van der Waals surface area contributed by atoms with Crippen molar-refractivity contribution in [3.8, 4) is 0 Å². The van der Waals surface area contributed by atoms with Crippen molar-refractivity contribution in [2.24, 2.45) is 0 Å². The number of morpholine rings is 1. The number of rotatable bonds is 4. The number of ether oxygens (including phenoxy) is 1. The first-order chi connectivity index (χ1) is 8.25. The molecule has 1 aliphatic heterocycles. The number of nitrogens with one attached hydrogen (secondary N) is 2. The van der Waals surface area contributed by atoms with E-state index in [1.54, 1.807) is 11.3 Å². The van der Waals surface area contributed by atoms with Crippen LogP contribution >= 0.6 is 23.7 Å². The lowest BCUT2D eigenvalue weighted by Gasteiger charge is -2.23. The second-order valence-electron chi connectivity index (χ2n) is 4.20. The molecular formula is C12H19ClN2O2S. The highest BCUT2D eigenvalue weighted by Crippen LogP contribution is 2.14. The van der Waals surface area contributed by atoms with Crippen molar-refractivity contribution in [2.45, 2.75) is 26.0 Å². The number of carbonyl (C=O) groups is 1. The SMILES string of the molecule is Cc1ccsc1CNC(=O)CC1CNCCO1.Cl. The van der Waals surface area contributed by atoms with Crippen molar-refractivity contribution in [3.05, 3.63) is 21.9 Å². The van der Waals surface area contributed by atoms with Gasteiger partial charge in [-0.3, -0.25) is 4.79 Å². The molecule has 18 heavy (non-hydrogen) atoms. The van der Waals surface area contributed by atoms with Crippen LogP contribution in [0.15, 0.2) is 11.4 Å². The van der Waals surface area contributed by atoms with Crippen LogP contribution in [0.25, 0.3) is 0 Å². The van der Waals surface area contributed by atoms with E-state index in [0.29, 0.717) is 19.6 Å². The molecule has 1 amide bonds. The lowest BCUT2D eigenvalue weighted by molar-refractivity contribution is -0.124. The molecule has 0 saturated carbocycles. The van der Waals surface area contributed by atoms with Crippen LogP contribution in [-0.4, -0.2) is 31.7 Å². The van der Waals surface area contributed by atoms with E-state index in [1.807, 2.05) is 5.38 Å². The summed E-state index contributed by atoms with van der Waals surface area (Å²) in [7, 11) is 0. The van der Waals surface area contributed by atoms with Crippen LogP contribution in [-0.2, 0) is 16.1 Å². The molecule has 2 heterocycles. The van der Waals surface area contributed by atoms with Gasteiger partial charge in [0.1, 0.15) is 0 Å². The highest BCUT2D eigenvalue weighted by Gasteiger charge is 2.17. The normalized spacial score (nSPS) is 19.1. The number of carbonyl (C=O) groups excluding carboxylic acids is 1. The molecule has 1 saturated heterocycles. The minimum Gasteiger partial charge on any atom is -0.375 e. The van der Waals surface area contributed by atoms with E-state index in [4.69, 9.17) is 4.74 Å². The molecular weight excluding hydrogens is 272 g/mol. The molecule has 0 aliphatic carbocycles. The fourth-order valence-electron chi connectivity index (χ4n) is 1.79. The average Bonchev–Trinajstić information content (AvgIpc) is 2.74. The van der Waals surface area contributed by atoms with Gasteiger partial charge in [0.25, 0.3) is 0 Å². The lowest BCUT2D eigenvalue weighted by Crippen LogP contribution is -2.41. The summed E-state index contributed by atoms with van der Waals surface area (Å²) in [4.78, 5) is 12.9. The predicted octanol–water partition coefficient (Wildman–Crippen LogP) is 1.47. The molecule has 1 atom stereocenters. The summed E-state index contributed by atoms with van der Waals surface area (Å²) in [5, 5.41) is 8.20. The predicted molar refractivity (Wildman–Crippen MR) is 75.4 cm³/mol. The molecule has 1 fully saturated rings. The van der Waals surface area contributed by atoms with Gasteiger partial charge in [-0.1, -0.05) is 0 Å². The third-order valence-corrected chi connectivity index (χ3v) is 3.85. The molecule has 102 valence electrons. The Morgan fingerprint density at radius 1 is 1.67 bits per heavy atom. The first-order valence-electron chi connectivity index (χ1n) is 5.87. The van der Waals surface area contributed by atoms with Crippen molar-refractivity contribution < 1.29 is 9.53 Å². The van der Waals surface area contributed by atoms with Gasteiger partial charge in [0.15, 0.2) is 0 Å². The van der Waals surface area contributed by atoms with Gasteiger partial charge in [0.05, 0.1) is 25.7 Å². The molecule has 2 rings (SSSR count). The molecule has 0 aromatic carbocycles. The Kier molecular flexibility index (Phi) is 6.63. The van der Waals surface area contributed by atoms with Crippen molar-refractivity contribution in [1.29, 1.82) is 0 Å². The molecule has 1 aliphatic rings. The van der Waals surface area contributed by atoms with Crippen molar-refractivity contribution in [2.75, 3.05) is 19.7 Å². The molecule has 0 spiro atoms. The number of hydrogen-bond donors (Lipinski definition) is 2. The summed E-state index contributed by atoms with van der Waals surface area (Å²) in [6, 6.07) is 2.07. The summed E-state index contributed by atoms with van der Waals surface area (Å²) in [5.41, 5.74) is 1.24. The highest BCUT2D eigenvalue weighted by molar-refractivity contribution is 7.10. The molecule has 1 aromatic heterocycles. The first kappa shape index (κ1) is 15.4. The summed E-state index contributed by atoms with van der Waals surface area (Å²) < 4.78 is 5.49. The molecule has 1 aromatic rings. The Hall–Kier alpha value is -0.620. The fourth-order valence-corrected chi connectivity index (χ4v) is 2.64. The second-order valence-corrected chi connectivity index (χ2v) is 5.21. The summed E-state index contributed by atoms with van der Waals surface area (Å²) in [5.74, 6) is 0.0616. The molecule has 0 bridgehead atoms. The van der Waals surface area contributed by atoms with E-state index in [9.17, 15) is 4.79 Å². The molecule has 1 unspecified atom stereocenters. The third kappa shape index (κ3) is 4.57. The van der Waals surface area contributed by atoms with Crippen molar-refractivity contribution >= 4 is 29.7 Å². The molecule has 4 nitrogen and oxygen atoms in total.